The van der Waals surface area contributed by atoms with Crippen LogP contribution in [-0.4, -0.2) is 5.91 Å². The van der Waals surface area contributed by atoms with Crippen molar-refractivity contribution >= 4 is 17.5 Å². The molecule has 0 aromatic heterocycles. The lowest BCUT2D eigenvalue weighted by atomic mass is 10.1. The van der Waals surface area contributed by atoms with Gasteiger partial charge in [0.25, 0.3) is 5.91 Å². The highest BCUT2D eigenvalue weighted by atomic mass is 35.5. The molecular formula is C22H20ClNO2. The molecular weight excluding hydrogens is 346 g/mol. The van der Waals surface area contributed by atoms with E-state index in [4.69, 9.17) is 16.3 Å². The van der Waals surface area contributed by atoms with Crippen molar-refractivity contribution in [3.05, 3.63) is 101 Å². The fourth-order valence-electron chi connectivity index (χ4n) is 2.65. The second kappa shape index (κ2) is 8.54. The molecule has 0 bridgehead atoms. The molecule has 3 aromatic rings. The van der Waals surface area contributed by atoms with Crippen LogP contribution in [0.1, 0.15) is 34.5 Å². The summed E-state index contributed by atoms with van der Waals surface area (Å²) in [4.78, 5) is 12.7. The fraction of sp³-hybridized carbons (Fsp3) is 0.136. The maximum absolute atomic E-state index is 12.7. The van der Waals surface area contributed by atoms with Crippen LogP contribution >= 0.6 is 11.6 Å². The minimum atomic E-state index is -0.170. The first-order valence-electron chi connectivity index (χ1n) is 8.46. The van der Waals surface area contributed by atoms with Crippen LogP contribution in [0.5, 0.6) is 5.75 Å². The summed E-state index contributed by atoms with van der Waals surface area (Å²) in [6, 6.07) is 24.5. The van der Waals surface area contributed by atoms with Gasteiger partial charge in [-0.05, 0) is 30.7 Å². The lowest BCUT2D eigenvalue weighted by molar-refractivity contribution is 0.0935. The third-order valence-corrected chi connectivity index (χ3v) is 4.49. The van der Waals surface area contributed by atoms with Crippen LogP contribution in [0.2, 0.25) is 5.02 Å². The first kappa shape index (κ1) is 18.0. The Morgan fingerprint density at radius 3 is 2.38 bits per heavy atom. The van der Waals surface area contributed by atoms with Gasteiger partial charge >= 0.3 is 0 Å². The molecule has 0 aliphatic carbocycles. The zero-order valence-corrected chi connectivity index (χ0v) is 15.2. The monoisotopic (exact) mass is 365 g/mol. The summed E-state index contributed by atoms with van der Waals surface area (Å²) in [6.45, 7) is 2.26. The van der Waals surface area contributed by atoms with Gasteiger partial charge in [-0.25, -0.2) is 0 Å². The largest absolute Gasteiger partial charge is 0.488 e. The Bertz CT molecular complexity index is 880. The summed E-state index contributed by atoms with van der Waals surface area (Å²) in [7, 11) is 0. The van der Waals surface area contributed by atoms with E-state index in [1.54, 1.807) is 12.1 Å². The minimum Gasteiger partial charge on any atom is -0.488 e. The van der Waals surface area contributed by atoms with Crippen LogP contribution in [0.25, 0.3) is 0 Å². The van der Waals surface area contributed by atoms with Crippen molar-refractivity contribution in [3.8, 4) is 5.75 Å². The second-order valence-electron chi connectivity index (χ2n) is 5.98. The van der Waals surface area contributed by atoms with Crippen molar-refractivity contribution < 1.29 is 9.53 Å². The molecule has 0 fully saturated rings. The van der Waals surface area contributed by atoms with Gasteiger partial charge in [-0.15, -0.1) is 0 Å². The van der Waals surface area contributed by atoms with Crippen molar-refractivity contribution in [1.29, 1.82) is 0 Å². The van der Waals surface area contributed by atoms with Gasteiger partial charge in [0, 0.05) is 10.6 Å². The molecule has 3 rings (SSSR count). The molecule has 0 saturated carbocycles. The van der Waals surface area contributed by atoms with Crippen molar-refractivity contribution in [2.75, 3.05) is 0 Å². The Morgan fingerprint density at radius 1 is 0.962 bits per heavy atom. The Hall–Kier alpha value is -2.78. The molecule has 0 saturated heterocycles. The fourth-order valence-corrected chi connectivity index (χ4v) is 2.84. The maximum Gasteiger partial charge on any atom is 0.255 e. The van der Waals surface area contributed by atoms with Gasteiger partial charge in [-0.2, -0.15) is 0 Å². The molecule has 1 atom stereocenters. The van der Waals surface area contributed by atoms with Crippen LogP contribution in [0, 0.1) is 0 Å². The van der Waals surface area contributed by atoms with Gasteiger partial charge in [0.1, 0.15) is 12.4 Å². The zero-order valence-electron chi connectivity index (χ0n) is 14.5. The third-order valence-electron chi connectivity index (χ3n) is 4.12. The molecule has 0 heterocycles. The molecule has 26 heavy (non-hydrogen) atoms. The van der Waals surface area contributed by atoms with Crippen LogP contribution in [0.4, 0.5) is 0 Å². The average Bonchev–Trinajstić information content (AvgIpc) is 2.68. The predicted octanol–water partition coefficient (Wildman–Crippen LogP) is 5.41. The number of carbonyl (C=O) groups excluding carboxylic acids is 1. The van der Waals surface area contributed by atoms with E-state index < -0.39 is 0 Å². The summed E-state index contributed by atoms with van der Waals surface area (Å²) in [5, 5.41) is 3.66. The Morgan fingerprint density at radius 2 is 1.62 bits per heavy atom. The van der Waals surface area contributed by atoms with E-state index in [9.17, 15) is 4.79 Å². The first-order valence-corrected chi connectivity index (χ1v) is 8.84. The van der Waals surface area contributed by atoms with Gasteiger partial charge in [0.15, 0.2) is 0 Å². The summed E-state index contributed by atoms with van der Waals surface area (Å²) in [5.74, 6) is 0.362. The van der Waals surface area contributed by atoms with E-state index in [0.717, 1.165) is 11.1 Å². The van der Waals surface area contributed by atoms with E-state index in [-0.39, 0.29) is 11.9 Å². The molecule has 1 amide bonds. The van der Waals surface area contributed by atoms with Crippen LogP contribution < -0.4 is 10.1 Å². The van der Waals surface area contributed by atoms with Crippen LogP contribution in [0.3, 0.4) is 0 Å². The number of amides is 1. The summed E-state index contributed by atoms with van der Waals surface area (Å²) in [5.41, 5.74) is 2.43. The smallest absolute Gasteiger partial charge is 0.255 e. The topological polar surface area (TPSA) is 38.3 Å². The zero-order chi connectivity index (χ0) is 18.4. The Kier molecular flexibility index (Phi) is 5.92. The van der Waals surface area contributed by atoms with E-state index in [2.05, 4.69) is 5.32 Å². The van der Waals surface area contributed by atoms with Crippen molar-refractivity contribution in [3.63, 3.8) is 0 Å². The first-order chi connectivity index (χ1) is 12.6. The molecule has 0 aliphatic rings. The third kappa shape index (κ3) is 4.44. The molecule has 0 radical (unpaired) electrons. The van der Waals surface area contributed by atoms with E-state index in [0.29, 0.717) is 22.9 Å². The van der Waals surface area contributed by atoms with Crippen molar-refractivity contribution in [2.45, 2.75) is 19.6 Å². The van der Waals surface area contributed by atoms with E-state index in [1.807, 2.05) is 73.7 Å². The lowest BCUT2D eigenvalue weighted by Crippen LogP contribution is -2.27. The number of benzene rings is 3. The quantitative estimate of drug-likeness (QED) is 0.634. The number of halogens is 1. The minimum absolute atomic E-state index is 0.0969. The predicted molar refractivity (Wildman–Crippen MR) is 105 cm³/mol. The highest BCUT2D eigenvalue weighted by Crippen LogP contribution is 2.23. The molecule has 3 nitrogen and oxygen atoms in total. The average molecular weight is 366 g/mol. The van der Waals surface area contributed by atoms with Gasteiger partial charge < -0.3 is 10.1 Å². The normalized spacial score (nSPS) is 11.6. The second-order valence-corrected chi connectivity index (χ2v) is 6.39. The molecule has 132 valence electrons. The Balaban J connectivity index is 1.72. The van der Waals surface area contributed by atoms with Gasteiger partial charge in [0.2, 0.25) is 0 Å². The molecule has 0 unspecified atom stereocenters. The molecule has 3 aromatic carbocycles. The van der Waals surface area contributed by atoms with Crippen LogP contribution in [0.15, 0.2) is 78.9 Å². The van der Waals surface area contributed by atoms with Gasteiger partial charge in [-0.3, -0.25) is 4.79 Å². The maximum atomic E-state index is 12.7. The lowest BCUT2D eigenvalue weighted by Gasteiger charge is -2.16. The van der Waals surface area contributed by atoms with Crippen molar-refractivity contribution in [2.24, 2.45) is 0 Å². The number of rotatable bonds is 6. The van der Waals surface area contributed by atoms with Gasteiger partial charge in [0.05, 0.1) is 11.6 Å². The molecule has 0 spiro atoms. The van der Waals surface area contributed by atoms with Crippen molar-refractivity contribution in [1.82, 2.24) is 5.32 Å². The number of hydrogen-bond donors (Lipinski definition) is 1. The van der Waals surface area contributed by atoms with Crippen LogP contribution in [-0.2, 0) is 6.61 Å². The molecule has 0 aliphatic heterocycles. The summed E-state index contributed by atoms with van der Waals surface area (Å²) >= 11 is 6.17. The van der Waals surface area contributed by atoms with E-state index >= 15 is 0 Å². The van der Waals surface area contributed by atoms with E-state index in [1.165, 1.54) is 0 Å². The standard InChI is InChI=1S/C22H20ClNO2/c1-16(17-9-3-2-4-10-17)24-22(25)19-12-6-8-14-21(19)26-15-18-11-5-7-13-20(18)23/h2-14,16H,15H2,1H3,(H,24,25)/t16-/m1/s1. The number of hydrogen-bond acceptors (Lipinski definition) is 2. The number of para-hydroxylation sites is 1. The number of ether oxygens (including phenoxy) is 1. The SMILES string of the molecule is C[C@@H](NC(=O)c1ccccc1OCc1ccccc1Cl)c1ccccc1. The van der Waals surface area contributed by atoms with Gasteiger partial charge in [-0.1, -0.05) is 72.3 Å². The summed E-state index contributed by atoms with van der Waals surface area (Å²) in [6.07, 6.45) is 0. The highest BCUT2D eigenvalue weighted by molar-refractivity contribution is 6.31. The molecule has 4 heteroatoms. The number of carbonyl (C=O) groups is 1. The summed E-state index contributed by atoms with van der Waals surface area (Å²) < 4.78 is 5.87. The Labute approximate surface area is 158 Å². The number of nitrogens with one attached hydrogen (secondary N) is 1. The highest BCUT2D eigenvalue weighted by Gasteiger charge is 2.15. The molecule has 1 N–H and O–H groups in total.